The molecular formula is C11H17NS. The van der Waals surface area contributed by atoms with Crippen LogP contribution in [0.15, 0.2) is 23.3 Å². The number of rotatable bonds is 2. The van der Waals surface area contributed by atoms with E-state index in [0.29, 0.717) is 11.3 Å². The van der Waals surface area contributed by atoms with Gasteiger partial charge in [0, 0.05) is 11.3 Å². The summed E-state index contributed by atoms with van der Waals surface area (Å²) in [6.45, 7) is 2.18. The number of hydrogen-bond acceptors (Lipinski definition) is 2. The van der Waals surface area contributed by atoms with E-state index in [9.17, 15) is 0 Å². The Kier molecular flexibility index (Phi) is 2.80. The fourth-order valence-corrected chi connectivity index (χ4v) is 3.39. The lowest BCUT2D eigenvalue weighted by Crippen LogP contribution is -2.32. The standard InChI is InChI=1S/C11H17NS/c1-8-4-5-9(7-8)11(12)10-3-2-6-13-10/h4-5,10-11H,2-3,6-7,12H2,1H3. The molecule has 2 unspecified atom stereocenters. The molecule has 2 N–H and O–H groups in total. The summed E-state index contributed by atoms with van der Waals surface area (Å²) in [5, 5.41) is 0.686. The molecule has 0 aromatic rings. The fraction of sp³-hybridized carbons (Fsp3) is 0.636. The van der Waals surface area contributed by atoms with Gasteiger partial charge in [0.25, 0.3) is 0 Å². The van der Waals surface area contributed by atoms with Crippen molar-refractivity contribution in [1.29, 1.82) is 0 Å². The predicted octanol–water partition coefficient (Wildman–Crippen LogP) is 2.49. The van der Waals surface area contributed by atoms with Crippen molar-refractivity contribution < 1.29 is 0 Å². The Balaban J connectivity index is 1.94. The van der Waals surface area contributed by atoms with E-state index in [1.165, 1.54) is 29.7 Å². The molecule has 1 aliphatic heterocycles. The van der Waals surface area contributed by atoms with Crippen molar-refractivity contribution in [2.45, 2.75) is 37.5 Å². The first kappa shape index (κ1) is 9.35. The molecule has 0 saturated carbocycles. The highest BCUT2D eigenvalue weighted by Crippen LogP contribution is 2.33. The van der Waals surface area contributed by atoms with Gasteiger partial charge in [0.15, 0.2) is 0 Å². The van der Waals surface area contributed by atoms with E-state index in [-0.39, 0.29) is 0 Å². The average molecular weight is 195 g/mol. The summed E-state index contributed by atoms with van der Waals surface area (Å²) in [5.74, 6) is 1.30. The Morgan fingerprint density at radius 2 is 2.38 bits per heavy atom. The third-order valence-electron chi connectivity index (χ3n) is 2.86. The van der Waals surface area contributed by atoms with Crippen LogP contribution in [0.4, 0.5) is 0 Å². The molecule has 72 valence electrons. The van der Waals surface area contributed by atoms with Crippen LogP contribution in [0.2, 0.25) is 0 Å². The zero-order valence-electron chi connectivity index (χ0n) is 8.12. The molecule has 0 aromatic heterocycles. The smallest absolute Gasteiger partial charge is 0.0380 e. The van der Waals surface area contributed by atoms with Crippen LogP contribution in [0.5, 0.6) is 0 Å². The molecule has 2 aliphatic rings. The topological polar surface area (TPSA) is 26.0 Å². The Bertz CT molecular complexity index is 249. The average Bonchev–Trinajstić information content (AvgIpc) is 2.72. The van der Waals surface area contributed by atoms with Crippen molar-refractivity contribution in [2.24, 2.45) is 5.73 Å². The monoisotopic (exact) mass is 195 g/mol. The van der Waals surface area contributed by atoms with E-state index in [1.807, 2.05) is 11.8 Å². The van der Waals surface area contributed by atoms with E-state index in [1.54, 1.807) is 0 Å². The zero-order valence-corrected chi connectivity index (χ0v) is 8.94. The van der Waals surface area contributed by atoms with Gasteiger partial charge in [0.1, 0.15) is 0 Å². The molecule has 1 heterocycles. The number of thioether (sulfide) groups is 1. The van der Waals surface area contributed by atoms with Gasteiger partial charge < -0.3 is 5.73 Å². The predicted molar refractivity (Wildman–Crippen MR) is 59.9 cm³/mol. The molecule has 0 radical (unpaired) electrons. The number of nitrogens with two attached hydrogens (primary N) is 1. The lowest BCUT2D eigenvalue weighted by Gasteiger charge is -2.19. The Hall–Kier alpha value is -0.210. The maximum absolute atomic E-state index is 6.22. The van der Waals surface area contributed by atoms with Crippen molar-refractivity contribution in [3.63, 3.8) is 0 Å². The maximum Gasteiger partial charge on any atom is 0.0380 e. The largest absolute Gasteiger partial charge is 0.323 e. The van der Waals surface area contributed by atoms with Gasteiger partial charge in [-0.2, -0.15) is 11.8 Å². The SMILES string of the molecule is CC1=CC=C(C(N)C2CCCS2)C1. The molecule has 1 fully saturated rings. The van der Waals surface area contributed by atoms with Gasteiger partial charge in [-0.1, -0.05) is 17.7 Å². The van der Waals surface area contributed by atoms with E-state index < -0.39 is 0 Å². The quantitative estimate of drug-likeness (QED) is 0.732. The van der Waals surface area contributed by atoms with E-state index in [4.69, 9.17) is 5.73 Å². The van der Waals surface area contributed by atoms with Crippen LogP contribution in [0.1, 0.15) is 26.2 Å². The van der Waals surface area contributed by atoms with Gasteiger partial charge in [-0.3, -0.25) is 0 Å². The van der Waals surface area contributed by atoms with Crippen LogP contribution in [0.25, 0.3) is 0 Å². The van der Waals surface area contributed by atoms with E-state index in [0.717, 1.165) is 6.42 Å². The summed E-state index contributed by atoms with van der Waals surface area (Å²) >= 11 is 2.05. The molecule has 2 atom stereocenters. The zero-order chi connectivity index (χ0) is 9.26. The van der Waals surface area contributed by atoms with Crippen molar-refractivity contribution >= 4 is 11.8 Å². The molecule has 2 heteroatoms. The highest BCUT2D eigenvalue weighted by Gasteiger charge is 2.26. The third-order valence-corrected chi connectivity index (χ3v) is 4.34. The highest BCUT2D eigenvalue weighted by atomic mass is 32.2. The minimum Gasteiger partial charge on any atom is -0.323 e. The highest BCUT2D eigenvalue weighted by molar-refractivity contribution is 8.00. The van der Waals surface area contributed by atoms with Crippen LogP contribution in [-0.2, 0) is 0 Å². The Labute approximate surface area is 84.5 Å². The lowest BCUT2D eigenvalue weighted by atomic mass is 10.00. The van der Waals surface area contributed by atoms with Gasteiger partial charge in [0.2, 0.25) is 0 Å². The molecule has 2 rings (SSSR count). The fourth-order valence-electron chi connectivity index (χ4n) is 2.04. The van der Waals surface area contributed by atoms with Gasteiger partial charge in [-0.05, 0) is 37.5 Å². The molecule has 13 heavy (non-hydrogen) atoms. The summed E-state index contributed by atoms with van der Waals surface area (Å²) in [7, 11) is 0. The van der Waals surface area contributed by atoms with Gasteiger partial charge >= 0.3 is 0 Å². The van der Waals surface area contributed by atoms with Crippen LogP contribution >= 0.6 is 11.8 Å². The van der Waals surface area contributed by atoms with Crippen molar-refractivity contribution in [3.8, 4) is 0 Å². The minimum atomic E-state index is 0.307. The molecule has 0 bridgehead atoms. The van der Waals surface area contributed by atoms with Crippen LogP contribution in [0.3, 0.4) is 0 Å². The third kappa shape index (κ3) is 2.00. The van der Waals surface area contributed by atoms with Gasteiger partial charge in [0.05, 0.1) is 0 Å². The van der Waals surface area contributed by atoms with Crippen LogP contribution in [0, 0.1) is 0 Å². The van der Waals surface area contributed by atoms with Gasteiger partial charge in [-0.25, -0.2) is 0 Å². The van der Waals surface area contributed by atoms with Crippen LogP contribution < -0.4 is 5.73 Å². The first-order valence-corrected chi connectivity index (χ1v) is 6.05. The lowest BCUT2D eigenvalue weighted by molar-refractivity contribution is 0.668. The normalized spacial score (nSPS) is 30.2. The summed E-state index contributed by atoms with van der Waals surface area (Å²) in [6, 6.07) is 0.307. The second-order valence-electron chi connectivity index (χ2n) is 4.01. The van der Waals surface area contributed by atoms with Crippen molar-refractivity contribution in [1.82, 2.24) is 0 Å². The Morgan fingerprint density at radius 3 is 2.92 bits per heavy atom. The molecular weight excluding hydrogens is 178 g/mol. The maximum atomic E-state index is 6.22. The van der Waals surface area contributed by atoms with Crippen molar-refractivity contribution in [3.05, 3.63) is 23.3 Å². The number of allylic oxidation sites excluding steroid dienone is 3. The summed E-state index contributed by atoms with van der Waals surface area (Å²) in [5.41, 5.74) is 9.12. The van der Waals surface area contributed by atoms with Gasteiger partial charge in [-0.15, -0.1) is 0 Å². The summed E-state index contributed by atoms with van der Waals surface area (Å²) in [6.07, 6.45) is 8.19. The summed E-state index contributed by atoms with van der Waals surface area (Å²) < 4.78 is 0. The molecule has 0 spiro atoms. The number of hydrogen-bond donors (Lipinski definition) is 1. The van der Waals surface area contributed by atoms with E-state index in [2.05, 4.69) is 19.1 Å². The first-order chi connectivity index (χ1) is 6.27. The molecule has 0 amide bonds. The molecule has 1 aliphatic carbocycles. The second-order valence-corrected chi connectivity index (χ2v) is 5.36. The van der Waals surface area contributed by atoms with E-state index >= 15 is 0 Å². The molecule has 0 aromatic carbocycles. The first-order valence-electron chi connectivity index (χ1n) is 5.01. The summed E-state index contributed by atoms with van der Waals surface area (Å²) in [4.78, 5) is 0. The molecule has 1 nitrogen and oxygen atoms in total. The minimum absolute atomic E-state index is 0.307. The Morgan fingerprint density at radius 1 is 1.54 bits per heavy atom. The van der Waals surface area contributed by atoms with Crippen molar-refractivity contribution in [2.75, 3.05) is 5.75 Å². The second kappa shape index (κ2) is 3.89. The molecule has 1 saturated heterocycles. The van der Waals surface area contributed by atoms with Crippen LogP contribution in [-0.4, -0.2) is 17.0 Å².